The molecule has 1 aromatic carbocycles. The van der Waals surface area contributed by atoms with Crippen LogP contribution in [0.1, 0.15) is 26.3 Å². The summed E-state index contributed by atoms with van der Waals surface area (Å²) in [6, 6.07) is 5.66. The van der Waals surface area contributed by atoms with Crippen LogP contribution < -0.4 is 5.32 Å². The van der Waals surface area contributed by atoms with Crippen molar-refractivity contribution in [1.82, 2.24) is 5.32 Å². The minimum Gasteiger partial charge on any atom is -0.506 e. The molecule has 0 aliphatic carbocycles. The average molecular weight is 258 g/mol. The summed E-state index contributed by atoms with van der Waals surface area (Å²) in [5, 5.41) is 13.0. The maximum Gasteiger partial charge on any atom is 0.134 e. The number of benzene rings is 1. The Hall–Kier alpha value is -0.540. The first-order chi connectivity index (χ1) is 6.40. The Morgan fingerprint density at radius 1 is 1.36 bits per heavy atom. The van der Waals surface area contributed by atoms with Gasteiger partial charge in [-0.25, -0.2) is 0 Å². The lowest BCUT2D eigenvalue weighted by molar-refractivity contribution is 0.411. The minimum atomic E-state index is 0.0642. The summed E-state index contributed by atoms with van der Waals surface area (Å²) < 4.78 is 0.741. The van der Waals surface area contributed by atoms with Gasteiger partial charge in [0, 0.05) is 17.6 Å². The number of aromatic hydroxyl groups is 1. The molecular formula is C11H16BrNO. The smallest absolute Gasteiger partial charge is 0.134 e. The van der Waals surface area contributed by atoms with Crippen molar-refractivity contribution in [3.8, 4) is 5.75 Å². The summed E-state index contributed by atoms with van der Waals surface area (Å²) in [5.74, 6) is 0.323. The van der Waals surface area contributed by atoms with E-state index in [1.807, 2.05) is 18.2 Å². The maximum absolute atomic E-state index is 9.71. The second kappa shape index (κ2) is 4.32. The van der Waals surface area contributed by atoms with E-state index < -0.39 is 0 Å². The Labute approximate surface area is 93.5 Å². The number of halogens is 1. The van der Waals surface area contributed by atoms with Crippen molar-refractivity contribution < 1.29 is 5.11 Å². The zero-order chi connectivity index (χ0) is 10.8. The molecule has 2 N–H and O–H groups in total. The lowest BCUT2D eigenvalue weighted by atomic mass is 10.1. The highest BCUT2D eigenvalue weighted by Gasteiger charge is 2.10. The lowest BCUT2D eigenvalue weighted by Gasteiger charge is -2.21. The Balaban J connectivity index is 2.73. The molecule has 78 valence electrons. The predicted molar refractivity (Wildman–Crippen MR) is 62.4 cm³/mol. The fourth-order valence-electron chi connectivity index (χ4n) is 1.06. The molecule has 1 aromatic rings. The zero-order valence-electron chi connectivity index (χ0n) is 8.76. The fraction of sp³-hybridized carbons (Fsp3) is 0.455. The molecule has 0 amide bonds. The van der Waals surface area contributed by atoms with E-state index in [0.717, 1.165) is 10.0 Å². The van der Waals surface area contributed by atoms with Crippen molar-refractivity contribution >= 4 is 15.9 Å². The molecule has 0 aliphatic heterocycles. The van der Waals surface area contributed by atoms with E-state index in [0.29, 0.717) is 12.3 Å². The van der Waals surface area contributed by atoms with Crippen LogP contribution in [0.25, 0.3) is 0 Å². The number of phenolic OH excluding ortho intramolecular Hbond substituents is 1. The van der Waals surface area contributed by atoms with E-state index in [4.69, 9.17) is 0 Å². The van der Waals surface area contributed by atoms with Crippen LogP contribution in [0.5, 0.6) is 5.75 Å². The van der Waals surface area contributed by atoms with Crippen LogP contribution in [-0.4, -0.2) is 10.6 Å². The van der Waals surface area contributed by atoms with Gasteiger partial charge in [0.15, 0.2) is 0 Å². The van der Waals surface area contributed by atoms with Crippen LogP contribution in [0.4, 0.5) is 0 Å². The van der Waals surface area contributed by atoms with Gasteiger partial charge in [-0.15, -0.1) is 0 Å². The van der Waals surface area contributed by atoms with Crippen molar-refractivity contribution in [2.24, 2.45) is 0 Å². The van der Waals surface area contributed by atoms with Crippen LogP contribution in [0.3, 0.4) is 0 Å². The van der Waals surface area contributed by atoms with Crippen molar-refractivity contribution in [2.75, 3.05) is 0 Å². The van der Waals surface area contributed by atoms with Gasteiger partial charge in [0.05, 0.1) is 4.47 Å². The number of rotatable bonds is 2. The number of nitrogens with one attached hydrogen (secondary N) is 1. The molecule has 0 unspecified atom stereocenters. The Bertz CT molecular complexity index is 318. The van der Waals surface area contributed by atoms with Gasteiger partial charge in [-0.05, 0) is 42.8 Å². The lowest BCUT2D eigenvalue weighted by Crippen LogP contribution is -2.35. The van der Waals surface area contributed by atoms with Crippen molar-refractivity contribution in [1.29, 1.82) is 0 Å². The second-order valence-corrected chi connectivity index (χ2v) is 5.21. The van der Waals surface area contributed by atoms with Gasteiger partial charge >= 0.3 is 0 Å². The van der Waals surface area contributed by atoms with Gasteiger partial charge in [0.1, 0.15) is 5.75 Å². The second-order valence-electron chi connectivity index (χ2n) is 4.35. The first kappa shape index (κ1) is 11.5. The summed E-state index contributed by atoms with van der Waals surface area (Å²) in [5.41, 5.74) is 0.976. The van der Waals surface area contributed by atoms with Crippen molar-refractivity contribution in [2.45, 2.75) is 32.9 Å². The highest BCUT2D eigenvalue weighted by atomic mass is 79.9. The van der Waals surface area contributed by atoms with Crippen molar-refractivity contribution in [3.63, 3.8) is 0 Å². The van der Waals surface area contributed by atoms with Crippen LogP contribution in [0.15, 0.2) is 22.7 Å². The predicted octanol–water partition coefficient (Wildman–Crippen LogP) is 3.04. The summed E-state index contributed by atoms with van der Waals surface area (Å²) >= 11 is 3.29. The SMILES string of the molecule is CC(C)(C)NCc1cccc(Br)c1O. The van der Waals surface area contributed by atoms with Gasteiger partial charge in [-0.1, -0.05) is 12.1 Å². The molecule has 0 fully saturated rings. The van der Waals surface area contributed by atoms with E-state index in [9.17, 15) is 5.11 Å². The Morgan fingerprint density at radius 2 is 2.00 bits per heavy atom. The van der Waals surface area contributed by atoms with Crippen LogP contribution in [0, 0.1) is 0 Å². The summed E-state index contributed by atoms with van der Waals surface area (Å²) in [7, 11) is 0. The third-order valence-electron chi connectivity index (χ3n) is 1.88. The average Bonchev–Trinajstić information content (AvgIpc) is 2.06. The number of phenols is 1. The number of para-hydroxylation sites is 1. The molecule has 0 heterocycles. The Morgan fingerprint density at radius 3 is 2.57 bits per heavy atom. The number of hydrogen-bond acceptors (Lipinski definition) is 2. The molecule has 0 aromatic heterocycles. The summed E-state index contributed by atoms with van der Waals surface area (Å²) in [6.45, 7) is 6.97. The third kappa shape index (κ3) is 3.31. The van der Waals surface area contributed by atoms with E-state index in [1.165, 1.54) is 0 Å². The number of hydrogen-bond donors (Lipinski definition) is 2. The molecule has 14 heavy (non-hydrogen) atoms. The van der Waals surface area contributed by atoms with Gasteiger partial charge in [-0.3, -0.25) is 0 Å². The molecular weight excluding hydrogens is 242 g/mol. The van der Waals surface area contributed by atoms with E-state index in [-0.39, 0.29) is 5.54 Å². The van der Waals surface area contributed by atoms with Crippen LogP contribution in [0.2, 0.25) is 0 Å². The highest BCUT2D eigenvalue weighted by molar-refractivity contribution is 9.10. The van der Waals surface area contributed by atoms with Gasteiger partial charge in [-0.2, -0.15) is 0 Å². The van der Waals surface area contributed by atoms with Crippen LogP contribution in [-0.2, 0) is 6.54 Å². The molecule has 0 aliphatic rings. The molecule has 0 bridgehead atoms. The first-order valence-corrected chi connectivity index (χ1v) is 5.41. The molecule has 2 nitrogen and oxygen atoms in total. The molecule has 0 saturated heterocycles. The first-order valence-electron chi connectivity index (χ1n) is 4.61. The van der Waals surface area contributed by atoms with Gasteiger partial charge in [0.25, 0.3) is 0 Å². The minimum absolute atomic E-state index is 0.0642. The van der Waals surface area contributed by atoms with Gasteiger partial charge in [0.2, 0.25) is 0 Å². The summed E-state index contributed by atoms with van der Waals surface area (Å²) in [6.07, 6.45) is 0. The van der Waals surface area contributed by atoms with Crippen LogP contribution >= 0.6 is 15.9 Å². The standard InChI is InChI=1S/C11H16BrNO/c1-11(2,3)13-7-8-5-4-6-9(12)10(8)14/h4-6,13-14H,7H2,1-3H3. The topological polar surface area (TPSA) is 32.3 Å². The third-order valence-corrected chi connectivity index (χ3v) is 2.52. The van der Waals surface area contributed by atoms with Gasteiger partial charge < -0.3 is 10.4 Å². The molecule has 0 radical (unpaired) electrons. The molecule has 1 rings (SSSR count). The fourth-order valence-corrected chi connectivity index (χ4v) is 1.47. The van der Waals surface area contributed by atoms with E-state index >= 15 is 0 Å². The molecule has 0 atom stereocenters. The zero-order valence-corrected chi connectivity index (χ0v) is 10.4. The Kier molecular flexibility index (Phi) is 3.56. The monoisotopic (exact) mass is 257 g/mol. The van der Waals surface area contributed by atoms with Crippen molar-refractivity contribution in [3.05, 3.63) is 28.2 Å². The van der Waals surface area contributed by atoms with E-state index in [1.54, 1.807) is 0 Å². The van der Waals surface area contributed by atoms with E-state index in [2.05, 4.69) is 42.0 Å². The molecule has 0 spiro atoms. The largest absolute Gasteiger partial charge is 0.506 e. The normalized spacial score (nSPS) is 11.7. The quantitative estimate of drug-likeness (QED) is 0.854. The highest BCUT2D eigenvalue weighted by Crippen LogP contribution is 2.27. The molecule has 3 heteroatoms. The summed E-state index contributed by atoms with van der Waals surface area (Å²) in [4.78, 5) is 0. The molecule has 0 saturated carbocycles. The maximum atomic E-state index is 9.71.